The van der Waals surface area contributed by atoms with Crippen molar-refractivity contribution in [1.29, 1.82) is 0 Å². The van der Waals surface area contributed by atoms with Gasteiger partial charge in [0, 0.05) is 17.3 Å². The lowest BCUT2D eigenvalue weighted by atomic mass is 10.2. The van der Waals surface area contributed by atoms with E-state index in [9.17, 15) is 4.79 Å². The smallest absolute Gasteiger partial charge is 0.363 e. The molecule has 1 aliphatic heterocycles. The topological polar surface area (TPSA) is 65.7 Å². The average Bonchev–Trinajstić information content (AvgIpc) is 3.29. The van der Waals surface area contributed by atoms with E-state index < -0.39 is 5.97 Å². The summed E-state index contributed by atoms with van der Waals surface area (Å²) in [4.78, 5) is 16.6. The number of hydrogen-bond donors (Lipinski definition) is 0. The van der Waals surface area contributed by atoms with Gasteiger partial charge in [0.25, 0.3) is 0 Å². The lowest BCUT2D eigenvalue weighted by Gasteiger charge is -2.09. The quantitative estimate of drug-likeness (QED) is 0.473. The molecule has 0 radical (unpaired) electrons. The predicted molar refractivity (Wildman–Crippen MR) is 111 cm³/mol. The van der Waals surface area contributed by atoms with Gasteiger partial charge < -0.3 is 9.47 Å². The van der Waals surface area contributed by atoms with Crippen LogP contribution < -0.4 is 4.74 Å². The van der Waals surface area contributed by atoms with Crippen LogP contribution in [0.25, 0.3) is 6.08 Å². The van der Waals surface area contributed by atoms with E-state index in [0.29, 0.717) is 6.54 Å². The molecule has 146 valence electrons. The Hall–Kier alpha value is -3.67. The van der Waals surface area contributed by atoms with E-state index in [2.05, 4.69) is 10.1 Å². The minimum Gasteiger partial charge on any atom is -0.491 e. The normalized spacial score (nSPS) is 14.9. The summed E-state index contributed by atoms with van der Waals surface area (Å²) in [5.41, 5.74) is 2.92. The summed E-state index contributed by atoms with van der Waals surface area (Å²) in [5, 5.41) is 4.35. The van der Waals surface area contributed by atoms with Crippen molar-refractivity contribution < 1.29 is 14.3 Å². The molecule has 6 nitrogen and oxygen atoms in total. The largest absolute Gasteiger partial charge is 0.491 e. The van der Waals surface area contributed by atoms with Gasteiger partial charge in [-0.05, 0) is 49.8 Å². The van der Waals surface area contributed by atoms with Crippen LogP contribution >= 0.6 is 0 Å². The van der Waals surface area contributed by atoms with E-state index in [-0.39, 0.29) is 17.7 Å². The van der Waals surface area contributed by atoms with E-state index in [1.54, 1.807) is 12.3 Å². The zero-order valence-corrected chi connectivity index (χ0v) is 16.3. The second kappa shape index (κ2) is 8.14. The van der Waals surface area contributed by atoms with Gasteiger partial charge in [-0.25, -0.2) is 9.79 Å². The number of aromatic nitrogens is 2. The Morgan fingerprint density at radius 3 is 2.59 bits per heavy atom. The Balaban J connectivity index is 1.49. The van der Waals surface area contributed by atoms with Crippen molar-refractivity contribution in [1.82, 2.24) is 9.78 Å². The molecule has 2 aromatic carbocycles. The van der Waals surface area contributed by atoms with E-state index in [1.165, 1.54) is 0 Å². The van der Waals surface area contributed by atoms with Crippen molar-refractivity contribution in [2.45, 2.75) is 26.5 Å². The summed E-state index contributed by atoms with van der Waals surface area (Å²) >= 11 is 0. The standard InChI is InChI=1S/C23H21N3O3/c1-16(2)28-20-10-8-19(9-11-20)22-25-21(23(27)29-22)12-18-13-24-26(15-18)14-17-6-4-3-5-7-17/h3-13,15-16H,14H2,1-2H3/b21-12+. The second-order valence-corrected chi connectivity index (χ2v) is 6.98. The number of esters is 1. The lowest BCUT2D eigenvalue weighted by Crippen LogP contribution is -2.07. The van der Waals surface area contributed by atoms with E-state index in [0.717, 1.165) is 22.4 Å². The first-order valence-corrected chi connectivity index (χ1v) is 9.43. The molecule has 0 aliphatic carbocycles. The number of carbonyl (C=O) groups is 1. The van der Waals surface area contributed by atoms with Crippen LogP contribution in [0.2, 0.25) is 0 Å². The van der Waals surface area contributed by atoms with Gasteiger partial charge in [-0.1, -0.05) is 30.3 Å². The highest BCUT2D eigenvalue weighted by molar-refractivity contribution is 6.12. The van der Waals surface area contributed by atoms with E-state index >= 15 is 0 Å². The fourth-order valence-corrected chi connectivity index (χ4v) is 2.95. The van der Waals surface area contributed by atoms with Crippen LogP contribution in [0.4, 0.5) is 0 Å². The molecule has 0 atom stereocenters. The predicted octanol–water partition coefficient (Wildman–Crippen LogP) is 4.06. The molecule has 4 rings (SSSR count). The molecule has 29 heavy (non-hydrogen) atoms. The van der Waals surface area contributed by atoms with Crippen molar-refractivity contribution in [3.63, 3.8) is 0 Å². The number of nitrogens with zero attached hydrogens (tertiary/aromatic N) is 3. The Bertz CT molecular complexity index is 1060. The third-order valence-electron chi connectivity index (χ3n) is 4.24. The molecule has 3 aromatic rings. The first-order chi connectivity index (χ1) is 14.1. The average molecular weight is 387 g/mol. The number of ether oxygens (including phenoxy) is 2. The van der Waals surface area contributed by atoms with Crippen molar-refractivity contribution in [3.8, 4) is 5.75 Å². The Morgan fingerprint density at radius 1 is 1.10 bits per heavy atom. The number of benzene rings is 2. The molecule has 0 spiro atoms. The van der Waals surface area contributed by atoms with Gasteiger partial charge in [-0.3, -0.25) is 4.68 Å². The summed E-state index contributed by atoms with van der Waals surface area (Å²) in [6, 6.07) is 17.4. The molecule has 2 heterocycles. The first-order valence-electron chi connectivity index (χ1n) is 9.43. The Morgan fingerprint density at radius 2 is 1.86 bits per heavy atom. The number of rotatable bonds is 6. The highest BCUT2D eigenvalue weighted by atomic mass is 16.6. The molecular formula is C23H21N3O3. The maximum Gasteiger partial charge on any atom is 0.363 e. The molecule has 0 amide bonds. The fourth-order valence-electron chi connectivity index (χ4n) is 2.95. The highest BCUT2D eigenvalue weighted by Crippen LogP contribution is 2.21. The minimum absolute atomic E-state index is 0.0971. The van der Waals surface area contributed by atoms with Gasteiger partial charge in [0.15, 0.2) is 5.70 Å². The molecule has 0 saturated carbocycles. The summed E-state index contributed by atoms with van der Waals surface area (Å²) in [6.45, 7) is 4.60. The SMILES string of the molecule is CC(C)Oc1ccc(C2=N/C(=C/c3cnn(Cc4ccccc4)c3)C(=O)O2)cc1. The molecule has 1 aliphatic rings. The maximum absolute atomic E-state index is 12.2. The van der Waals surface area contributed by atoms with Crippen LogP contribution in [0.3, 0.4) is 0 Å². The molecule has 6 heteroatoms. The van der Waals surface area contributed by atoms with Crippen LogP contribution in [0, 0.1) is 0 Å². The Kier molecular flexibility index (Phi) is 5.24. The van der Waals surface area contributed by atoms with Gasteiger partial charge in [0.2, 0.25) is 5.90 Å². The van der Waals surface area contributed by atoms with Gasteiger partial charge in [-0.15, -0.1) is 0 Å². The zero-order chi connectivity index (χ0) is 20.2. The van der Waals surface area contributed by atoms with Crippen LogP contribution in [-0.4, -0.2) is 27.8 Å². The van der Waals surface area contributed by atoms with Crippen LogP contribution in [0.5, 0.6) is 5.75 Å². The molecule has 0 bridgehead atoms. The third-order valence-corrected chi connectivity index (χ3v) is 4.24. The van der Waals surface area contributed by atoms with E-state index in [4.69, 9.17) is 9.47 Å². The van der Waals surface area contributed by atoms with Gasteiger partial charge in [0.05, 0.1) is 18.8 Å². The fraction of sp³-hybridized carbons (Fsp3) is 0.174. The third kappa shape index (κ3) is 4.60. The molecule has 0 N–H and O–H groups in total. The van der Waals surface area contributed by atoms with Gasteiger partial charge in [0.1, 0.15) is 5.75 Å². The summed E-state index contributed by atoms with van der Waals surface area (Å²) in [5.74, 6) is 0.572. The summed E-state index contributed by atoms with van der Waals surface area (Å²) < 4.78 is 12.8. The minimum atomic E-state index is -0.474. The van der Waals surface area contributed by atoms with Crippen LogP contribution in [0.1, 0.15) is 30.5 Å². The monoisotopic (exact) mass is 387 g/mol. The van der Waals surface area contributed by atoms with Crippen LogP contribution in [-0.2, 0) is 16.1 Å². The zero-order valence-electron chi connectivity index (χ0n) is 16.3. The lowest BCUT2D eigenvalue weighted by molar-refractivity contribution is -0.129. The maximum atomic E-state index is 12.2. The van der Waals surface area contributed by atoms with Crippen molar-refractivity contribution >= 4 is 17.9 Å². The molecular weight excluding hydrogens is 366 g/mol. The van der Waals surface area contributed by atoms with Crippen molar-refractivity contribution in [2.24, 2.45) is 4.99 Å². The number of cyclic esters (lactones) is 1. The summed E-state index contributed by atoms with van der Waals surface area (Å²) in [7, 11) is 0. The van der Waals surface area contributed by atoms with Crippen LogP contribution in [0.15, 0.2) is 77.7 Å². The number of carbonyl (C=O) groups excluding carboxylic acids is 1. The first kappa shape index (κ1) is 18.7. The molecule has 0 unspecified atom stereocenters. The second-order valence-electron chi connectivity index (χ2n) is 6.98. The number of aliphatic imine (C=N–C) groups is 1. The van der Waals surface area contributed by atoms with Gasteiger partial charge >= 0.3 is 5.97 Å². The molecule has 0 saturated heterocycles. The van der Waals surface area contributed by atoms with Crippen molar-refractivity contribution in [2.75, 3.05) is 0 Å². The molecule has 0 fully saturated rings. The van der Waals surface area contributed by atoms with E-state index in [1.807, 2.05) is 79.3 Å². The number of hydrogen-bond acceptors (Lipinski definition) is 5. The highest BCUT2D eigenvalue weighted by Gasteiger charge is 2.24. The van der Waals surface area contributed by atoms with Crippen molar-refractivity contribution in [3.05, 3.63) is 89.4 Å². The summed E-state index contributed by atoms with van der Waals surface area (Å²) in [6.07, 6.45) is 5.35. The Labute approximate surface area is 169 Å². The van der Waals surface area contributed by atoms with Gasteiger partial charge in [-0.2, -0.15) is 5.10 Å². The molecule has 1 aromatic heterocycles.